The quantitative estimate of drug-likeness (QED) is 0.0222. The molecule has 0 aliphatic rings. The van der Waals surface area contributed by atoms with Crippen molar-refractivity contribution in [3.63, 3.8) is 0 Å². The molecule has 0 saturated carbocycles. The van der Waals surface area contributed by atoms with Crippen LogP contribution in [0.2, 0.25) is 0 Å². The van der Waals surface area contributed by atoms with E-state index >= 15 is 0 Å². The van der Waals surface area contributed by atoms with Gasteiger partial charge in [-0.15, -0.1) is 0 Å². The third-order valence-corrected chi connectivity index (χ3v) is 18.9. The van der Waals surface area contributed by atoms with Gasteiger partial charge < -0.3 is 33.8 Å². The lowest BCUT2D eigenvalue weighted by molar-refractivity contribution is -0.161. The first-order valence-corrected chi connectivity index (χ1v) is 41.1. The van der Waals surface area contributed by atoms with E-state index in [1.54, 1.807) is 0 Å². The van der Waals surface area contributed by atoms with Gasteiger partial charge in [0.25, 0.3) is 0 Å². The third-order valence-electron chi connectivity index (χ3n) is 17.0. The summed E-state index contributed by atoms with van der Waals surface area (Å²) in [5.74, 6) is -1.43. The molecular weight excluding hydrogens is 1210 g/mol. The van der Waals surface area contributed by atoms with Crippen molar-refractivity contribution in [1.29, 1.82) is 0 Å². The smallest absolute Gasteiger partial charge is 0.462 e. The minimum Gasteiger partial charge on any atom is -0.462 e. The van der Waals surface area contributed by atoms with Gasteiger partial charge in [0.15, 0.2) is 12.2 Å². The van der Waals surface area contributed by atoms with Gasteiger partial charge in [0.2, 0.25) is 0 Å². The second-order valence-corrected chi connectivity index (χ2v) is 29.7. The van der Waals surface area contributed by atoms with Gasteiger partial charge in [-0.2, -0.15) is 0 Å². The molecule has 0 aromatic rings. The van der Waals surface area contributed by atoms with Gasteiger partial charge in [-0.3, -0.25) is 37.3 Å². The van der Waals surface area contributed by atoms with Crippen molar-refractivity contribution >= 4 is 39.5 Å². The number of carbonyl (C=O) groups excluding carboxylic acids is 4. The van der Waals surface area contributed by atoms with Gasteiger partial charge in [0.1, 0.15) is 19.3 Å². The molecule has 0 amide bonds. The van der Waals surface area contributed by atoms with Crippen molar-refractivity contribution in [1.82, 2.24) is 0 Å². The SMILES string of the molecule is CCCCCCCCCCCCCCCCCCCCC(=O)O[C@H](COC(=O)CCCCCCCCCCCCCCCCCC)COP(=O)(O)OC[C@@H](O)COP(=O)(O)OC[C@@H](COC(=O)CCCCCCCCCC)OC(=O)CCCCCCCCCC(C)C. The number of aliphatic hydroxyl groups is 1. The molecule has 0 aromatic heterocycles. The predicted octanol–water partition coefficient (Wildman–Crippen LogP) is 21.3. The second-order valence-electron chi connectivity index (χ2n) is 26.8. The Morgan fingerprint density at radius 2 is 0.500 bits per heavy atom. The number of esters is 4. The molecule has 0 heterocycles. The molecule has 3 N–H and O–H groups in total. The highest BCUT2D eigenvalue weighted by Crippen LogP contribution is 2.45. The third kappa shape index (κ3) is 66.7. The van der Waals surface area contributed by atoms with Crippen LogP contribution in [0.25, 0.3) is 0 Å². The number of rotatable bonds is 73. The first kappa shape index (κ1) is 90.1. The Morgan fingerprint density at radius 3 is 0.739 bits per heavy atom. The van der Waals surface area contributed by atoms with E-state index in [2.05, 4.69) is 34.6 Å². The summed E-state index contributed by atoms with van der Waals surface area (Å²) in [5, 5.41) is 10.6. The van der Waals surface area contributed by atoms with E-state index in [0.717, 1.165) is 96.3 Å². The Hall–Kier alpha value is -1.94. The molecule has 5 atom stereocenters. The van der Waals surface area contributed by atoms with Gasteiger partial charge in [0.05, 0.1) is 26.4 Å². The summed E-state index contributed by atoms with van der Waals surface area (Å²) in [6, 6.07) is 0. The van der Waals surface area contributed by atoms with Crippen molar-refractivity contribution < 1.29 is 80.2 Å². The highest BCUT2D eigenvalue weighted by atomic mass is 31.2. The number of hydrogen-bond acceptors (Lipinski definition) is 15. The molecule has 546 valence electrons. The lowest BCUT2D eigenvalue weighted by Gasteiger charge is -2.21. The zero-order valence-corrected chi connectivity index (χ0v) is 61.5. The maximum atomic E-state index is 13.1. The van der Waals surface area contributed by atoms with Crippen LogP contribution in [-0.4, -0.2) is 96.7 Å². The van der Waals surface area contributed by atoms with Gasteiger partial charge in [-0.25, -0.2) is 9.13 Å². The Bertz CT molecular complexity index is 1770. The van der Waals surface area contributed by atoms with Crippen LogP contribution in [0.1, 0.15) is 381 Å². The van der Waals surface area contributed by atoms with Crippen LogP contribution in [0.15, 0.2) is 0 Å². The molecule has 17 nitrogen and oxygen atoms in total. The van der Waals surface area contributed by atoms with Gasteiger partial charge >= 0.3 is 39.5 Å². The monoisotopic (exact) mass is 1350 g/mol. The van der Waals surface area contributed by atoms with E-state index < -0.39 is 97.5 Å². The summed E-state index contributed by atoms with van der Waals surface area (Å²) in [4.78, 5) is 72.5. The normalized spacial score (nSPS) is 14.0. The molecular formula is C73H142O17P2. The molecule has 0 rings (SSSR count). The maximum absolute atomic E-state index is 13.1. The van der Waals surface area contributed by atoms with Crippen molar-refractivity contribution in [2.75, 3.05) is 39.6 Å². The molecule has 0 aromatic carbocycles. The van der Waals surface area contributed by atoms with E-state index in [0.29, 0.717) is 31.6 Å². The number of phosphoric acid groups is 2. The first-order valence-electron chi connectivity index (χ1n) is 38.1. The summed E-state index contributed by atoms with van der Waals surface area (Å²) in [7, 11) is -9.90. The molecule has 0 spiro atoms. The molecule has 0 bridgehead atoms. The van der Waals surface area contributed by atoms with E-state index in [1.165, 1.54) is 199 Å². The Morgan fingerprint density at radius 1 is 0.293 bits per heavy atom. The Balaban J connectivity index is 5.19. The molecule has 2 unspecified atom stereocenters. The van der Waals surface area contributed by atoms with Crippen LogP contribution in [0.5, 0.6) is 0 Å². The average molecular weight is 1350 g/mol. The minimum absolute atomic E-state index is 0.104. The van der Waals surface area contributed by atoms with Crippen LogP contribution in [0.4, 0.5) is 0 Å². The number of phosphoric ester groups is 2. The largest absolute Gasteiger partial charge is 0.472 e. The highest BCUT2D eigenvalue weighted by molar-refractivity contribution is 7.47. The minimum atomic E-state index is -4.95. The summed E-state index contributed by atoms with van der Waals surface area (Å²) >= 11 is 0. The lowest BCUT2D eigenvalue weighted by Crippen LogP contribution is -2.30. The number of carbonyl (C=O) groups is 4. The standard InChI is InChI=1S/C73H142O17P2/c1-6-9-12-15-18-21-23-25-27-29-30-32-34-36-38-43-48-53-58-72(77)89-68(63-84-71(76)57-52-47-42-37-35-33-31-28-26-24-22-19-16-13-10-7-2)64-87-91(79,80)85-60-67(74)61-86-92(81,82)88-65-69(62-83-70(75)56-51-46-41-20-17-14-11-8-3)90-73(78)59-54-49-44-39-40-45-50-55-66(4)5/h66-69,74H,6-65H2,1-5H3,(H,79,80)(H,81,82)/t67-,68-,69-/m1/s1. The van der Waals surface area contributed by atoms with Crippen LogP contribution < -0.4 is 0 Å². The van der Waals surface area contributed by atoms with Gasteiger partial charge in [-0.1, -0.05) is 330 Å². The van der Waals surface area contributed by atoms with Crippen molar-refractivity contribution in [2.24, 2.45) is 5.92 Å². The predicted molar refractivity (Wildman–Crippen MR) is 372 cm³/mol. The zero-order chi connectivity index (χ0) is 67.7. The van der Waals surface area contributed by atoms with E-state index in [-0.39, 0.29) is 25.7 Å². The van der Waals surface area contributed by atoms with Crippen LogP contribution >= 0.6 is 15.6 Å². The summed E-state index contributed by atoms with van der Waals surface area (Å²) in [6.45, 7) is 7.18. The maximum Gasteiger partial charge on any atom is 0.472 e. The molecule has 0 fully saturated rings. The average Bonchev–Trinajstić information content (AvgIpc) is 3.25. The van der Waals surface area contributed by atoms with E-state index in [4.69, 9.17) is 37.0 Å². The summed E-state index contributed by atoms with van der Waals surface area (Å²) in [5.41, 5.74) is 0. The number of hydrogen-bond donors (Lipinski definition) is 3. The number of ether oxygens (including phenoxy) is 4. The molecule has 19 heteroatoms. The number of unbranched alkanes of at least 4 members (excludes halogenated alkanes) is 45. The molecule has 0 saturated heterocycles. The van der Waals surface area contributed by atoms with Crippen LogP contribution in [0.3, 0.4) is 0 Å². The first-order chi connectivity index (χ1) is 44.5. The van der Waals surface area contributed by atoms with Crippen LogP contribution in [-0.2, 0) is 65.4 Å². The van der Waals surface area contributed by atoms with E-state index in [1.807, 2.05) is 0 Å². The fourth-order valence-corrected chi connectivity index (χ4v) is 12.8. The summed E-state index contributed by atoms with van der Waals surface area (Å²) in [6.07, 6.45) is 54.3. The topological polar surface area (TPSA) is 237 Å². The highest BCUT2D eigenvalue weighted by Gasteiger charge is 2.30. The Labute approximate surface area is 562 Å². The van der Waals surface area contributed by atoms with Crippen molar-refractivity contribution in [3.8, 4) is 0 Å². The molecule has 0 aliphatic carbocycles. The fraction of sp³-hybridized carbons (Fsp3) is 0.945. The van der Waals surface area contributed by atoms with Gasteiger partial charge in [-0.05, 0) is 31.6 Å². The zero-order valence-electron chi connectivity index (χ0n) is 59.7. The Kier molecular flexibility index (Phi) is 64.9. The molecule has 0 radical (unpaired) electrons. The van der Waals surface area contributed by atoms with E-state index in [9.17, 15) is 43.2 Å². The lowest BCUT2D eigenvalue weighted by atomic mass is 10.0. The fourth-order valence-electron chi connectivity index (χ4n) is 11.2. The number of aliphatic hydroxyl groups excluding tert-OH is 1. The van der Waals surface area contributed by atoms with Crippen molar-refractivity contribution in [2.45, 2.75) is 400 Å². The van der Waals surface area contributed by atoms with Gasteiger partial charge in [0, 0.05) is 25.7 Å². The second kappa shape index (κ2) is 66.3. The molecule has 0 aliphatic heterocycles. The molecule has 92 heavy (non-hydrogen) atoms. The summed E-state index contributed by atoms with van der Waals surface area (Å²) < 4.78 is 68.3. The van der Waals surface area contributed by atoms with Crippen LogP contribution in [0, 0.1) is 5.92 Å². The van der Waals surface area contributed by atoms with Crippen molar-refractivity contribution in [3.05, 3.63) is 0 Å².